The number of hydrogen-bond donors (Lipinski definition) is 3. The molecule has 0 spiro atoms. The second-order valence-electron chi connectivity index (χ2n) is 7.33. The molecule has 3 N–H and O–H groups in total. The van der Waals surface area contributed by atoms with Gasteiger partial charge in [0.1, 0.15) is 0 Å². The van der Waals surface area contributed by atoms with Crippen LogP contribution in [0, 0.1) is 0 Å². The maximum absolute atomic E-state index is 13.2. The molecule has 1 fully saturated rings. The summed E-state index contributed by atoms with van der Waals surface area (Å²) in [7, 11) is 0. The molecule has 0 saturated carbocycles. The zero-order valence-electron chi connectivity index (χ0n) is 15.6. The van der Waals surface area contributed by atoms with Gasteiger partial charge in [0, 0.05) is 30.9 Å². The maximum Gasteiger partial charge on any atom is 0.418 e. The third-order valence-corrected chi connectivity index (χ3v) is 4.87. The Bertz CT molecular complexity index is 971. The first-order valence-corrected chi connectivity index (χ1v) is 9.23. The van der Waals surface area contributed by atoms with E-state index in [0.717, 1.165) is 30.4 Å². The van der Waals surface area contributed by atoms with Crippen molar-refractivity contribution in [2.75, 3.05) is 23.3 Å². The van der Waals surface area contributed by atoms with Crippen molar-refractivity contribution in [3.05, 3.63) is 48.0 Å². The summed E-state index contributed by atoms with van der Waals surface area (Å²) < 4.78 is 39.6. The molecule has 2 unspecified atom stereocenters. The summed E-state index contributed by atoms with van der Waals surface area (Å²) in [6, 6.07) is 12.0. The van der Waals surface area contributed by atoms with E-state index in [-0.39, 0.29) is 11.6 Å². The lowest BCUT2D eigenvalue weighted by atomic mass is 10.1. The second kappa shape index (κ2) is 7.01. The van der Waals surface area contributed by atoms with Gasteiger partial charge in [-0.25, -0.2) is 4.98 Å². The Hall–Kier alpha value is -2.74. The van der Waals surface area contributed by atoms with Gasteiger partial charge >= 0.3 is 6.18 Å². The van der Waals surface area contributed by atoms with Crippen LogP contribution >= 0.6 is 0 Å². The average Bonchev–Trinajstić information content (AvgIpc) is 3.01. The zero-order valence-corrected chi connectivity index (χ0v) is 15.6. The summed E-state index contributed by atoms with van der Waals surface area (Å²) in [5.74, 6) is 0.283. The number of nitrogens with zero attached hydrogens (tertiary/aromatic N) is 2. The number of hydrogen-bond acceptors (Lipinski definition) is 4. The number of fused-ring (bicyclic) bond motifs is 1. The molecule has 1 saturated heterocycles. The largest absolute Gasteiger partial charge is 0.418 e. The van der Waals surface area contributed by atoms with Crippen LogP contribution in [0.4, 0.5) is 30.5 Å². The van der Waals surface area contributed by atoms with E-state index in [0.29, 0.717) is 17.6 Å². The normalized spacial score (nSPS) is 20.5. The van der Waals surface area contributed by atoms with Crippen LogP contribution in [-0.4, -0.2) is 35.1 Å². The Morgan fingerprint density at radius 1 is 1.07 bits per heavy atom. The molecule has 28 heavy (non-hydrogen) atoms. The molecule has 3 aromatic rings. The number of halogens is 3. The number of imidazole rings is 1. The molecule has 1 aliphatic rings. The summed E-state index contributed by atoms with van der Waals surface area (Å²) >= 11 is 0. The predicted octanol–water partition coefficient (Wildman–Crippen LogP) is 4.51. The van der Waals surface area contributed by atoms with Crippen molar-refractivity contribution < 1.29 is 13.2 Å². The van der Waals surface area contributed by atoms with E-state index in [1.165, 1.54) is 12.1 Å². The summed E-state index contributed by atoms with van der Waals surface area (Å²) in [6.07, 6.45) is -4.43. The third kappa shape index (κ3) is 3.77. The van der Waals surface area contributed by atoms with E-state index in [1.54, 1.807) is 6.07 Å². The molecular formula is C20H22F3N5. The van der Waals surface area contributed by atoms with Crippen molar-refractivity contribution >= 4 is 28.4 Å². The topological polar surface area (TPSA) is 56.0 Å². The first kappa shape index (κ1) is 18.6. The number of aromatic amines is 1. The molecule has 4 rings (SSSR count). The van der Waals surface area contributed by atoms with Gasteiger partial charge in [-0.15, -0.1) is 0 Å². The quantitative estimate of drug-likeness (QED) is 0.617. The molecule has 2 heterocycles. The Labute approximate surface area is 161 Å². The monoisotopic (exact) mass is 389 g/mol. The predicted molar refractivity (Wildman–Crippen MR) is 105 cm³/mol. The molecule has 0 radical (unpaired) electrons. The number of para-hydroxylation sites is 1. The number of nitrogens with one attached hydrogen (secondary N) is 3. The van der Waals surface area contributed by atoms with E-state index in [9.17, 15) is 13.2 Å². The zero-order chi connectivity index (χ0) is 19.9. The number of benzene rings is 2. The third-order valence-electron chi connectivity index (χ3n) is 4.87. The molecular weight excluding hydrogens is 367 g/mol. The van der Waals surface area contributed by atoms with Crippen LogP contribution in [0.3, 0.4) is 0 Å². The van der Waals surface area contributed by atoms with Gasteiger partial charge in [0.2, 0.25) is 5.95 Å². The van der Waals surface area contributed by atoms with Crippen LogP contribution in [-0.2, 0) is 6.18 Å². The maximum atomic E-state index is 13.2. The number of aromatic nitrogens is 2. The number of alkyl halides is 3. The molecule has 0 aliphatic carbocycles. The summed E-state index contributed by atoms with van der Waals surface area (Å²) in [5.41, 5.74) is 1.80. The van der Waals surface area contributed by atoms with Crippen molar-refractivity contribution in [3.8, 4) is 0 Å². The lowest BCUT2D eigenvalue weighted by molar-refractivity contribution is -0.136. The minimum atomic E-state index is -4.43. The van der Waals surface area contributed by atoms with Gasteiger partial charge in [-0.1, -0.05) is 12.1 Å². The minimum Gasteiger partial charge on any atom is -0.368 e. The highest BCUT2D eigenvalue weighted by atomic mass is 19.4. The van der Waals surface area contributed by atoms with Crippen LogP contribution in [0.1, 0.15) is 19.4 Å². The van der Waals surface area contributed by atoms with Gasteiger partial charge in [-0.3, -0.25) is 0 Å². The van der Waals surface area contributed by atoms with Crippen LogP contribution in [0.25, 0.3) is 11.0 Å². The summed E-state index contributed by atoms with van der Waals surface area (Å²) in [5, 5.41) is 6.27. The SMILES string of the molecule is CC1CN(c2ccc3nc(Nc4ccccc4C(F)(F)F)[nH]c3c2)CC(C)N1. The van der Waals surface area contributed by atoms with E-state index in [4.69, 9.17) is 0 Å². The van der Waals surface area contributed by atoms with Gasteiger partial charge < -0.3 is 20.5 Å². The van der Waals surface area contributed by atoms with Crippen molar-refractivity contribution in [2.24, 2.45) is 0 Å². The van der Waals surface area contributed by atoms with Gasteiger partial charge in [-0.2, -0.15) is 13.2 Å². The minimum absolute atomic E-state index is 0.0287. The molecule has 0 amide bonds. The smallest absolute Gasteiger partial charge is 0.368 e. The number of piperazine rings is 1. The van der Waals surface area contributed by atoms with Crippen LogP contribution < -0.4 is 15.5 Å². The lowest BCUT2D eigenvalue weighted by Crippen LogP contribution is -2.54. The molecule has 1 aromatic heterocycles. The first-order chi connectivity index (χ1) is 13.3. The lowest BCUT2D eigenvalue weighted by Gasteiger charge is -2.37. The van der Waals surface area contributed by atoms with Crippen molar-refractivity contribution in [2.45, 2.75) is 32.1 Å². The van der Waals surface area contributed by atoms with Gasteiger partial charge in [-0.05, 0) is 44.2 Å². The fourth-order valence-corrected chi connectivity index (χ4v) is 3.76. The first-order valence-electron chi connectivity index (χ1n) is 9.23. The molecule has 0 bridgehead atoms. The standard InChI is InChI=1S/C20H22F3N5/c1-12-10-28(11-13(2)24-12)14-7-8-17-18(9-14)27-19(26-17)25-16-6-4-3-5-15(16)20(21,22)23/h3-9,12-13,24H,10-11H2,1-2H3,(H2,25,26,27). The molecule has 2 atom stereocenters. The fraction of sp³-hybridized carbons (Fsp3) is 0.350. The second-order valence-corrected chi connectivity index (χ2v) is 7.33. The number of H-pyrrole nitrogens is 1. The fourth-order valence-electron chi connectivity index (χ4n) is 3.76. The van der Waals surface area contributed by atoms with Gasteiger partial charge in [0.25, 0.3) is 0 Å². The summed E-state index contributed by atoms with van der Waals surface area (Å²) in [6.45, 7) is 6.09. The Balaban J connectivity index is 1.61. The molecule has 5 nitrogen and oxygen atoms in total. The number of anilines is 3. The van der Waals surface area contributed by atoms with Crippen LogP contribution in [0.5, 0.6) is 0 Å². The van der Waals surface area contributed by atoms with Gasteiger partial charge in [0.05, 0.1) is 22.3 Å². The molecule has 8 heteroatoms. The highest BCUT2D eigenvalue weighted by Crippen LogP contribution is 2.35. The molecule has 1 aliphatic heterocycles. The van der Waals surface area contributed by atoms with E-state index in [1.807, 2.05) is 18.2 Å². The highest BCUT2D eigenvalue weighted by Gasteiger charge is 2.33. The molecule has 148 valence electrons. The molecule has 2 aromatic carbocycles. The van der Waals surface area contributed by atoms with Crippen LogP contribution in [0.2, 0.25) is 0 Å². The van der Waals surface area contributed by atoms with Crippen molar-refractivity contribution in [1.82, 2.24) is 15.3 Å². The Morgan fingerprint density at radius 2 is 1.79 bits per heavy atom. The van der Waals surface area contributed by atoms with Crippen molar-refractivity contribution in [3.63, 3.8) is 0 Å². The number of rotatable bonds is 3. The van der Waals surface area contributed by atoms with E-state index >= 15 is 0 Å². The average molecular weight is 389 g/mol. The van der Waals surface area contributed by atoms with Crippen molar-refractivity contribution in [1.29, 1.82) is 0 Å². The Kier molecular flexibility index (Phi) is 4.66. The highest BCUT2D eigenvalue weighted by molar-refractivity contribution is 5.82. The Morgan fingerprint density at radius 3 is 2.50 bits per heavy atom. The van der Waals surface area contributed by atoms with Gasteiger partial charge in [0.15, 0.2) is 0 Å². The summed E-state index contributed by atoms with van der Waals surface area (Å²) in [4.78, 5) is 9.78. The van der Waals surface area contributed by atoms with E-state index < -0.39 is 11.7 Å². The van der Waals surface area contributed by atoms with Crippen LogP contribution in [0.15, 0.2) is 42.5 Å². The van der Waals surface area contributed by atoms with E-state index in [2.05, 4.69) is 39.3 Å².